The number of amides is 1. The van der Waals surface area contributed by atoms with Crippen LogP contribution in [-0.4, -0.2) is 35.7 Å². The van der Waals surface area contributed by atoms with E-state index in [2.05, 4.69) is 32.2 Å². The van der Waals surface area contributed by atoms with Gasteiger partial charge in [0.05, 0.1) is 0 Å². The average molecular weight is 310 g/mol. The third-order valence-corrected chi connectivity index (χ3v) is 4.55. The molecule has 0 radical (unpaired) electrons. The smallest absolute Gasteiger partial charge is 0.410 e. The summed E-state index contributed by atoms with van der Waals surface area (Å²) in [4.78, 5) is 16.3. The van der Waals surface area contributed by atoms with E-state index in [9.17, 15) is 4.79 Å². The molecule has 1 aromatic rings. The highest BCUT2D eigenvalue weighted by Gasteiger charge is 2.34. The number of thiophene rings is 1. The lowest BCUT2D eigenvalue weighted by molar-refractivity contribution is 0.00433. The lowest BCUT2D eigenvalue weighted by atomic mass is 10.0. The highest BCUT2D eigenvalue weighted by atomic mass is 32.1. The van der Waals surface area contributed by atoms with E-state index in [1.54, 1.807) is 4.90 Å². The molecule has 1 fully saturated rings. The van der Waals surface area contributed by atoms with Crippen LogP contribution >= 0.6 is 11.3 Å². The fourth-order valence-electron chi connectivity index (χ4n) is 2.58. The van der Waals surface area contributed by atoms with Crippen LogP contribution in [0.3, 0.4) is 0 Å². The van der Waals surface area contributed by atoms with Gasteiger partial charge in [-0.3, -0.25) is 0 Å². The van der Waals surface area contributed by atoms with Gasteiger partial charge in [0, 0.05) is 34.9 Å². The van der Waals surface area contributed by atoms with Gasteiger partial charge in [-0.05, 0) is 53.2 Å². The van der Waals surface area contributed by atoms with Crippen LogP contribution < -0.4 is 5.32 Å². The first-order valence-electron chi connectivity index (χ1n) is 7.46. The minimum Gasteiger partial charge on any atom is -0.444 e. The molecular weight excluding hydrogens is 284 g/mol. The van der Waals surface area contributed by atoms with Crippen molar-refractivity contribution in [2.75, 3.05) is 13.1 Å². The van der Waals surface area contributed by atoms with Crippen LogP contribution in [0.5, 0.6) is 0 Å². The molecule has 1 aliphatic rings. The Morgan fingerprint density at radius 2 is 2.05 bits per heavy atom. The number of ether oxygens (including phenoxy) is 1. The van der Waals surface area contributed by atoms with Crippen molar-refractivity contribution in [2.24, 2.45) is 0 Å². The third-order valence-electron chi connectivity index (χ3n) is 3.56. The monoisotopic (exact) mass is 310 g/mol. The van der Waals surface area contributed by atoms with E-state index in [4.69, 9.17) is 4.74 Å². The molecule has 21 heavy (non-hydrogen) atoms. The molecule has 5 heteroatoms. The van der Waals surface area contributed by atoms with E-state index >= 15 is 0 Å². The topological polar surface area (TPSA) is 41.6 Å². The van der Waals surface area contributed by atoms with Crippen LogP contribution in [0.15, 0.2) is 6.07 Å². The predicted octanol–water partition coefficient (Wildman–Crippen LogP) is 3.63. The summed E-state index contributed by atoms with van der Waals surface area (Å²) in [6.07, 6.45) is -0.212. The van der Waals surface area contributed by atoms with Gasteiger partial charge in [-0.25, -0.2) is 4.79 Å². The zero-order valence-electron chi connectivity index (χ0n) is 13.8. The molecule has 0 spiro atoms. The Bertz CT molecular complexity index is 513. The number of likely N-dealkylation sites (tertiary alicyclic amines) is 1. The molecule has 1 aromatic heterocycles. The Morgan fingerprint density at radius 1 is 1.43 bits per heavy atom. The highest BCUT2D eigenvalue weighted by molar-refractivity contribution is 7.12. The molecule has 1 aliphatic heterocycles. The van der Waals surface area contributed by atoms with Crippen LogP contribution in [-0.2, 0) is 4.74 Å². The number of hydrogen-bond acceptors (Lipinski definition) is 4. The van der Waals surface area contributed by atoms with Crippen molar-refractivity contribution < 1.29 is 9.53 Å². The number of rotatable bonds is 3. The minimum atomic E-state index is -0.422. The first-order chi connectivity index (χ1) is 9.65. The second-order valence-electron chi connectivity index (χ2n) is 6.84. The van der Waals surface area contributed by atoms with Gasteiger partial charge in [0.15, 0.2) is 0 Å². The van der Waals surface area contributed by atoms with Crippen LogP contribution in [0.25, 0.3) is 0 Å². The van der Waals surface area contributed by atoms with E-state index in [-0.39, 0.29) is 6.09 Å². The molecule has 0 bridgehead atoms. The van der Waals surface area contributed by atoms with Gasteiger partial charge < -0.3 is 15.0 Å². The lowest BCUT2D eigenvalue weighted by Gasteiger charge is -2.41. The summed E-state index contributed by atoms with van der Waals surface area (Å²) in [7, 11) is 0. The number of nitrogens with zero attached hydrogens (tertiary/aromatic N) is 1. The van der Waals surface area contributed by atoms with Gasteiger partial charge in [-0.1, -0.05) is 0 Å². The van der Waals surface area contributed by atoms with Crippen molar-refractivity contribution in [1.29, 1.82) is 0 Å². The summed E-state index contributed by atoms with van der Waals surface area (Å²) in [6, 6.07) is 2.93. The van der Waals surface area contributed by atoms with Crippen molar-refractivity contribution >= 4 is 17.4 Å². The molecule has 118 valence electrons. The maximum absolute atomic E-state index is 11.9. The van der Waals surface area contributed by atoms with Gasteiger partial charge in [0.25, 0.3) is 0 Å². The fourth-order valence-corrected chi connectivity index (χ4v) is 3.61. The summed E-state index contributed by atoms with van der Waals surface area (Å²) < 4.78 is 5.36. The number of carbonyl (C=O) groups excluding carboxylic acids is 1. The van der Waals surface area contributed by atoms with Crippen molar-refractivity contribution in [1.82, 2.24) is 10.2 Å². The SMILES string of the molecule is Cc1cc(C(C)NC2CN(C(=O)OC(C)(C)C)C2)c(C)s1. The van der Waals surface area contributed by atoms with Gasteiger partial charge in [0.1, 0.15) is 5.60 Å². The molecule has 1 unspecified atom stereocenters. The van der Waals surface area contributed by atoms with Gasteiger partial charge >= 0.3 is 6.09 Å². The number of nitrogens with one attached hydrogen (secondary N) is 1. The molecule has 1 atom stereocenters. The zero-order valence-corrected chi connectivity index (χ0v) is 14.6. The molecule has 2 heterocycles. The largest absolute Gasteiger partial charge is 0.444 e. The van der Waals surface area contributed by atoms with E-state index < -0.39 is 5.60 Å². The maximum atomic E-state index is 11.9. The second kappa shape index (κ2) is 5.97. The molecule has 0 aliphatic carbocycles. The van der Waals surface area contributed by atoms with Crippen LogP contribution in [0, 0.1) is 13.8 Å². The first kappa shape index (κ1) is 16.3. The predicted molar refractivity (Wildman–Crippen MR) is 86.9 cm³/mol. The minimum absolute atomic E-state index is 0.212. The summed E-state index contributed by atoms with van der Waals surface area (Å²) >= 11 is 1.84. The summed E-state index contributed by atoms with van der Waals surface area (Å²) in [5.41, 5.74) is 0.946. The number of carbonyl (C=O) groups is 1. The Hall–Kier alpha value is -1.07. The molecule has 0 saturated carbocycles. The average Bonchev–Trinajstić information content (AvgIpc) is 2.59. The molecular formula is C16H26N2O2S. The first-order valence-corrected chi connectivity index (χ1v) is 8.28. The molecule has 0 aromatic carbocycles. The third kappa shape index (κ3) is 4.20. The summed E-state index contributed by atoms with van der Waals surface area (Å²) in [5, 5.41) is 3.59. The molecule has 1 N–H and O–H groups in total. The molecule has 4 nitrogen and oxygen atoms in total. The van der Waals surface area contributed by atoms with Crippen LogP contribution in [0.2, 0.25) is 0 Å². The Balaban J connectivity index is 1.80. The lowest BCUT2D eigenvalue weighted by Crippen LogP contribution is -2.60. The van der Waals surface area contributed by atoms with E-state index in [0.717, 1.165) is 13.1 Å². The van der Waals surface area contributed by atoms with Crippen molar-refractivity contribution in [3.8, 4) is 0 Å². The van der Waals surface area contributed by atoms with E-state index in [1.807, 2.05) is 32.1 Å². The second-order valence-corrected chi connectivity index (χ2v) is 8.30. The normalized spacial score (nSPS) is 17.5. The Kier molecular flexibility index (Phi) is 4.63. The van der Waals surface area contributed by atoms with Gasteiger partial charge in [-0.2, -0.15) is 0 Å². The van der Waals surface area contributed by atoms with Gasteiger partial charge in [-0.15, -0.1) is 11.3 Å². The standard InChI is InChI=1S/C16H26N2O2S/c1-10-7-14(12(3)21-10)11(2)17-13-8-18(9-13)15(19)20-16(4,5)6/h7,11,13,17H,8-9H2,1-6H3. The molecule has 1 amide bonds. The molecule has 2 rings (SSSR count). The summed E-state index contributed by atoms with van der Waals surface area (Å²) in [6.45, 7) is 13.6. The Labute approximate surface area is 131 Å². The summed E-state index contributed by atoms with van der Waals surface area (Å²) in [5.74, 6) is 0. The van der Waals surface area contributed by atoms with E-state index in [0.29, 0.717) is 12.1 Å². The van der Waals surface area contributed by atoms with Crippen LogP contribution in [0.1, 0.15) is 49.1 Å². The maximum Gasteiger partial charge on any atom is 0.410 e. The number of aryl methyl sites for hydroxylation is 2. The fraction of sp³-hybridized carbons (Fsp3) is 0.688. The van der Waals surface area contributed by atoms with Crippen molar-refractivity contribution in [3.05, 3.63) is 21.4 Å². The van der Waals surface area contributed by atoms with Crippen LogP contribution in [0.4, 0.5) is 4.79 Å². The van der Waals surface area contributed by atoms with Crippen molar-refractivity contribution in [3.63, 3.8) is 0 Å². The zero-order chi connectivity index (χ0) is 15.8. The highest BCUT2D eigenvalue weighted by Crippen LogP contribution is 2.27. The Morgan fingerprint density at radius 3 is 2.52 bits per heavy atom. The van der Waals surface area contributed by atoms with Crippen molar-refractivity contribution in [2.45, 2.75) is 59.2 Å². The number of hydrogen-bond donors (Lipinski definition) is 1. The van der Waals surface area contributed by atoms with Gasteiger partial charge in [0.2, 0.25) is 0 Å². The van der Waals surface area contributed by atoms with E-state index in [1.165, 1.54) is 15.3 Å². The quantitative estimate of drug-likeness (QED) is 0.927. The molecule has 1 saturated heterocycles.